The van der Waals surface area contributed by atoms with E-state index in [0.717, 1.165) is 0 Å². The maximum absolute atomic E-state index is 11.2. The Bertz CT molecular complexity index is 610. The number of halogens is 3. The molecule has 16 heavy (non-hydrogen) atoms. The predicted molar refractivity (Wildman–Crippen MR) is 67.9 cm³/mol. The molecule has 2 aromatic rings. The van der Waals surface area contributed by atoms with E-state index < -0.39 is 5.56 Å². The van der Waals surface area contributed by atoms with Crippen molar-refractivity contribution in [3.8, 4) is 5.75 Å². The van der Waals surface area contributed by atoms with Crippen LogP contribution >= 0.6 is 35.6 Å². The number of fused-ring (bicyclic) bond motifs is 1. The van der Waals surface area contributed by atoms with Crippen molar-refractivity contribution in [2.24, 2.45) is 0 Å². The van der Waals surface area contributed by atoms with Gasteiger partial charge in [-0.1, -0.05) is 23.2 Å². The molecule has 0 atom stereocenters. The summed E-state index contributed by atoms with van der Waals surface area (Å²) in [5, 5.41) is 10.5. The summed E-state index contributed by atoms with van der Waals surface area (Å²) in [6.07, 6.45) is 0. The molecule has 0 aliphatic carbocycles. The second-order valence-electron chi connectivity index (χ2n) is 3.03. The first kappa shape index (κ1) is 13.0. The Morgan fingerprint density at radius 1 is 1.31 bits per heavy atom. The van der Waals surface area contributed by atoms with Crippen molar-refractivity contribution in [1.82, 2.24) is 4.98 Å². The van der Waals surface area contributed by atoms with Crippen molar-refractivity contribution in [3.63, 3.8) is 0 Å². The lowest BCUT2D eigenvalue weighted by atomic mass is 10.2. The van der Waals surface area contributed by atoms with E-state index in [-0.39, 0.29) is 34.3 Å². The minimum Gasteiger partial charge on any atom is -0.505 e. The van der Waals surface area contributed by atoms with Crippen LogP contribution < -0.4 is 11.3 Å². The number of rotatable bonds is 0. The summed E-state index contributed by atoms with van der Waals surface area (Å²) in [6.45, 7) is 0. The van der Waals surface area contributed by atoms with Gasteiger partial charge in [0.1, 0.15) is 5.69 Å². The first-order valence-electron chi connectivity index (χ1n) is 4.00. The number of nitrogens with two attached hydrogens (primary N) is 1. The van der Waals surface area contributed by atoms with E-state index in [2.05, 4.69) is 4.98 Å². The minimum atomic E-state index is -0.571. The largest absolute Gasteiger partial charge is 0.505 e. The zero-order chi connectivity index (χ0) is 11.2. The van der Waals surface area contributed by atoms with Crippen molar-refractivity contribution in [2.45, 2.75) is 0 Å². The Balaban J connectivity index is 0.00000128. The third kappa shape index (κ3) is 1.91. The van der Waals surface area contributed by atoms with Crippen molar-refractivity contribution in [1.29, 1.82) is 0 Å². The summed E-state index contributed by atoms with van der Waals surface area (Å²) in [5.41, 5.74) is 4.89. The van der Waals surface area contributed by atoms with Gasteiger partial charge in [-0.25, -0.2) is 0 Å². The third-order valence-corrected chi connectivity index (χ3v) is 2.56. The number of hydrogen-bond acceptors (Lipinski definition) is 3. The van der Waals surface area contributed by atoms with E-state index in [4.69, 9.17) is 28.9 Å². The topological polar surface area (TPSA) is 79.1 Å². The van der Waals surface area contributed by atoms with Crippen LogP contribution in [-0.4, -0.2) is 10.1 Å². The van der Waals surface area contributed by atoms with Gasteiger partial charge in [0, 0.05) is 5.02 Å². The molecule has 7 heteroatoms. The van der Waals surface area contributed by atoms with Crippen LogP contribution in [0.25, 0.3) is 10.9 Å². The molecule has 0 radical (unpaired) electrons. The fourth-order valence-electron chi connectivity index (χ4n) is 1.34. The van der Waals surface area contributed by atoms with Crippen molar-refractivity contribution < 1.29 is 5.11 Å². The molecular weight excluding hydrogens is 274 g/mol. The number of aromatic nitrogens is 1. The molecule has 0 bridgehead atoms. The highest BCUT2D eigenvalue weighted by molar-refractivity contribution is 6.39. The van der Waals surface area contributed by atoms with Crippen LogP contribution in [-0.2, 0) is 0 Å². The number of anilines is 1. The van der Waals surface area contributed by atoms with Gasteiger partial charge in [0.05, 0.1) is 15.9 Å². The highest BCUT2D eigenvalue weighted by atomic mass is 35.5. The first-order valence-corrected chi connectivity index (χ1v) is 4.76. The van der Waals surface area contributed by atoms with Crippen molar-refractivity contribution >= 4 is 52.2 Å². The number of nitrogens with one attached hydrogen (secondary N) is 1. The molecule has 1 heterocycles. The highest BCUT2D eigenvalue weighted by Crippen LogP contribution is 2.34. The molecule has 0 aliphatic rings. The molecule has 1 aromatic heterocycles. The summed E-state index contributed by atoms with van der Waals surface area (Å²) in [6, 6.07) is 2.95. The zero-order valence-corrected chi connectivity index (χ0v) is 10.1. The molecule has 4 nitrogen and oxygen atoms in total. The standard InChI is InChI=1S/C9H6Cl2N2O2.ClH/c10-3-1-4(11)6-5(2-3)13-9(15)7(12)8(6)14;/h1-2H,12H2,(H2,13,14,15);1H. The molecule has 4 N–H and O–H groups in total. The lowest BCUT2D eigenvalue weighted by molar-refractivity contribution is 0.483. The summed E-state index contributed by atoms with van der Waals surface area (Å²) >= 11 is 11.6. The molecule has 0 saturated carbocycles. The molecule has 0 saturated heterocycles. The number of aromatic hydroxyl groups is 1. The number of nitrogen functional groups attached to an aromatic ring is 1. The summed E-state index contributed by atoms with van der Waals surface area (Å²) in [5.74, 6) is -0.324. The lowest BCUT2D eigenvalue weighted by Crippen LogP contribution is -2.11. The van der Waals surface area contributed by atoms with Gasteiger partial charge in [-0.05, 0) is 12.1 Å². The van der Waals surface area contributed by atoms with Gasteiger partial charge in [0.15, 0.2) is 5.75 Å². The summed E-state index contributed by atoms with van der Waals surface area (Å²) in [7, 11) is 0. The monoisotopic (exact) mass is 280 g/mol. The Kier molecular flexibility index (Phi) is 3.57. The van der Waals surface area contributed by atoms with Gasteiger partial charge >= 0.3 is 0 Å². The molecule has 0 amide bonds. The molecule has 0 aliphatic heterocycles. The van der Waals surface area contributed by atoms with Crippen LogP contribution in [0.1, 0.15) is 0 Å². The van der Waals surface area contributed by atoms with Gasteiger partial charge in [-0.15, -0.1) is 12.4 Å². The maximum Gasteiger partial charge on any atom is 0.275 e. The SMILES string of the molecule is Cl.Nc1c(O)c2c(Cl)cc(Cl)cc2[nH]c1=O. The average Bonchev–Trinajstić information content (AvgIpc) is 2.13. The smallest absolute Gasteiger partial charge is 0.275 e. The van der Waals surface area contributed by atoms with Crippen molar-refractivity contribution in [2.75, 3.05) is 5.73 Å². The summed E-state index contributed by atoms with van der Waals surface area (Å²) < 4.78 is 0. The Morgan fingerprint density at radius 3 is 2.56 bits per heavy atom. The van der Waals surface area contributed by atoms with Gasteiger partial charge < -0.3 is 15.8 Å². The van der Waals surface area contributed by atoms with Crippen LogP contribution in [0.3, 0.4) is 0 Å². The van der Waals surface area contributed by atoms with Crippen LogP contribution in [0.15, 0.2) is 16.9 Å². The third-order valence-electron chi connectivity index (χ3n) is 2.04. The number of H-pyrrole nitrogens is 1. The van der Waals surface area contributed by atoms with Crippen LogP contribution in [0.4, 0.5) is 5.69 Å². The van der Waals surface area contributed by atoms with Crippen LogP contribution in [0.5, 0.6) is 5.75 Å². The van der Waals surface area contributed by atoms with E-state index in [1.807, 2.05) is 0 Å². The van der Waals surface area contributed by atoms with Gasteiger partial charge in [-0.3, -0.25) is 4.79 Å². The second-order valence-corrected chi connectivity index (χ2v) is 3.87. The predicted octanol–water partition coefficient (Wildman–Crippen LogP) is 2.54. The number of pyridine rings is 1. The minimum absolute atomic E-state index is 0. The molecule has 0 fully saturated rings. The van der Waals surface area contributed by atoms with E-state index >= 15 is 0 Å². The number of benzene rings is 1. The molecule has 0 spiro atoms. The fourth-order valence-corrected chi connectivity index (χ4v) is 1.93. The van der Waals surface area contributed by atoms with E-state index in [0.29, 0.717) is 10.5 Å². The Morgan fingerprint density at radius 2 is 1.94 bits per heavy atom. The van der Waals surface area contributed by atoms with Crippen LogP contribution in [0.2, 0.25) is 10.0 Å². The normalized spacial score (nSPS) is 10.1. The molecular formula is C9H7Cl3N2O2. The van der Waals surface area contributed by atoms with Gasteiger partial charge in [0.25, 0.3) is 5.56 Å². The zero-order valence-electron chi connectivity index (χ0n) is 7.75. The molecule has 86 valence electrons. The van der Waals surface area contributed by atoms with Crippen LogP contribution in [0, 0.1) is 0 Å². The van der Waals surface area contributed by atoms with Gasteiger partial charge in [-0.2, -0.15) is 0 Å². The van der Waals surface area contributed by atoms with E-state index in [1.54, 1.807) is 0 Å². The Hall–Kier alpha value is -1.10. The molecule has 1 aromatic carbocycles. The molecule has 0 unspecified atom stereocenters. The number of aromatic amines is 1. The highest BCUT2D eigenvalue weighted by Gasteiger charge is 2.12. The number of hydrogen-bond donors (Lipinski definition) is 3. The summed E-state index contributed by atoms with van der Waals surface area (Å²) in [4.78, 5) is 13.7. The van der Waals surface area contributed by atoms with E-state index in [1.165, 1.54) is 12.1 Å². The van der Waals surface area contributed by atoms with E-state index in [9.17, 15) is 9.90 Å². The average molecular weight is 282 g/mol. The quantitative estimate of drug-likeness (QED) is 0.694. The second kappa shape index (κ2) is 4.41. The maximum atomic E-state index is 11.2. The Labute approximate surface area is 106 Å². The first-order chi connectivity index (χ1) is 7.00. The lowest BCUT2D eigenvalue weighted by Gasteiger charge is -2.05. The van der Waals surface area contributed by atoms with Gasteiger partial charge in [0.2, 0.25) is 0 Å². The molecule has 2 rings (SSSR count). The fraction of sp³-hybridized carbons (Fsp3) is 0. The van der Waals surface area contributed by atoms with Crippen molar-refractivity contribution in [3.05, 3.63) is 32.5 Å².